The van der Waals surface area contributed by atoms with E-state index in [9.17, 15) is 0 Å². The maximum Gasteiger partial charge on any atom is 0.213 e. The van der Waals surface area contributed by atoms with Crippen LogP contribution in [0.15, 0.2) is 67.3 Å². The van der Waals surface area contributed by atoms with Crippen LogP contribution in [0.5, 0.6) is 5.88 Å². The van der Waals surface area contributed by atoms with E-state index in [-0.39, 0.29) is 0 Å². The van der Waals surface area contributed by atoms with Crippen LogP contribution in [-0.2, 0) is 6.54 Å². The monoisotopic (exact) mass is 438 g/mol. The number of nitrogens with one attached hydrogen (secondary N) is 3. The highest BCUT2D eigenvalue weighted by Crippen LogP contribution is 2.33. The fourth-order valence-corrected chi connectivity index (χ4v) is 3.49. The summed E-state index contributed by atoms with van der Waals surface area (Å²) in [6, 6.07) is 15.9. The van der Waals surface area contributed by atoms with Gasteiger partial charge in [-0.25, -0.2) is 24.9 Å². The average Bonchev–Trinajstić information content (AvgIpc) is 3.32. The Labute approximate surface area is 190 Å². The number of ether oxygens (including phenoxy) is 1. The number of hydrogen-bond acceptors (Lipinski definition) is 8. The first kappa shape index (κ1) is 20.4. The molecule has 0 amide bonds. The van der Waals surface area contributed by atoms with E-state index in [1.807, 2.05) is 37.3 Å². The second kappa shape index (κ2) is 8.91. The van der Waals surface area contributed by atoms with Gasteiger partial charge in [-0.2, -0.15) is 0 Å². The number of benzene rings is 1. The van der Waals surface area contributed by atoms with Gasteiger partial charge in [0.1, 0.15) is 22.9 Å². The third kappa shape index (κ3) is 4.42. The first-order valence-corrected chi connectivity index (χ1v) is 10.4. The number of aryl methyl sites for hydroxylation is 1. The molecule has 0 radical (unpaired) electrons. The van der Waals surface area contributed by atoms with Crippen molar-refractivity contribution in [3.8, 4) is 17.1 Å². The standard InChI is InChI=1S/C24H22N8O/c1-15-30-21(22-24(31-15)29-14-28-22)19-10-18(25-11-16-6-4-3-5-7-16)13-27-23(19)32-17-8-9-20(33-2)26-12-17/h3-10,12-14,25H,11H2,1-2H3,(H,27,32)(H,28,29,30,31). The van der Waals surface area contributed by atoms with Crippen LogP contribution in [0.4, 0.5) is 17.2 Å². The molecule has 9 nitrogen and oxygen atoms in total. The average molecular weight is 438 g/mol. The highest BCUT2D eigenvalue weighted by Gasteiger charge is 2.16. The van der Waals surface area contributed by atoms with E-state index in [0.29, 0.717) is 29.7 Å². The topological polar surface area (TPSA) is 114 Å². The number of pyridine rings is 2. The van der Waals surface area contributed by atoms with Crippen molar-refractivity contribution in [1.82, 2.24) is 29.9 Å². The van der Waals surface area contributed by atoms with E-state index in [0.717, 1.165) is 28.1 Å². The van der Waals surface area contributed by atoms with Crippen LogP contribution in [0.2, 0.25) is 0 Å². The zero-order valence-electron chi connectivity index (χ0n) is 18.2. The molecule has 0 aliphatic heterocycles. The molecule has 0 fully saturated rings. The molecule has 0 saturated heterocycles. The van der Waals surface area contributed by atoms with E-state index < -0.39 is 0 Å². The number of anilines is 3. The number of nitrogens with zero attached hydrogens (tertiary/aromatic N) is 5. The predicted molar refractivity (Wildman–Crippen MR) is 127 cm³/mol. The Morgan fingerprint density at radius 3 is 2.58 bits per heavy atom. The molecule has 1 aromatic carbocycles. The molecule has 4 aromatic heterocycles. The van der Waals surface area contributed by atoms with Crippen LogP contribution >= 0.6 is 0 Å². The van der Waals surface area contributed by atoms with Crippen LogP contribution in [0.25, 0.3) is 22.4 Å². The number of fused-ring (bicyclic) bond motifs is 1. The SMILES string of the molecule is COc1ccc(Nc2ncc(NCc3ccccc3)cc2-c2nc(C)nc3nc[nH]c23)cn1. The lowest BCUT2D eigenvalue weighted by molar-refractivity contribution is 0.398. The Morgan fingerprint density at radius 1 is 0.939 bits per heavy atom. The number of methoxy groups -OCH3 is 1. The third-order valence-corrected chi connectivity index (χ3v) is 5.09. The number of hydrogen-bond donors (Lipinski definition) is 3. The van der Waals surface area contributed by atoms with E-state index in [1.165, 1.54) is 5.56 Å². The summed E-state index contributed by atoms with van der Waals surface area (Å²) in [5.41, 5.74) is 5.71. The maximum absolute atomic E-state index is 5.15. The molecular formula is C24H22N8O. The predicted octanol–water partition coefficient (Wildman–Crippen LogP) is 4.48. The first-order valence-electron chi connectivity index (χ1n) is 10.4. The van der Waals surface area contributed by atoms with Gasteiger partial charge in [-0.1, -0.05) is 30.3 Å². The van der Waals surface area contributed by atoms with Gasteiger partial charge in [0, 0.05) is 18.2 Å². The van der Waals surface area contributed by atoms with E-state index in [1.54, 1.807) is 31.9 Å². The first-order chi connectivity index (χ1) is 16.2. The molecule has 0 spiro atoms. The van der Waals surface area contributed by atoms with Gasteiger partial charge >= 0.3 is 0 Å². The van der Waals surface area contributed by atoms with Gasteiger partial charge in [-0.3, -0.25) is 0 Å². The van der Waals surface area contributed by atoms with Crippen LogP contribution in [0, 0.1) is 6.92 Å². The Kier molecular flexibility index (Phi) is 5.50. The van der Waals surface area contributed by atoms with Crippen molar-refractivity contribution in [3.05, 3.63) is 78.6 Å². The van der Waals surface area contributed by atoms with Crippen molar-refractivity contribution in [2.75, 3.05) is 17.7 Å². The van der Waals surface area contributed by atoms with Gasteiger partial charge in [0.25, 0.3) is 0 Å². The molecule has 0 atom stereocenters. The third-order valence-electron chi connectivity index (χ3n) is 5.09. The van der Waals surface area contributed by atoms with Crippen LogP contribution < -0.4 is 15.4 Å². The number of imidazole rings is 1. The largest absolute Gasteiger partial charge is 0.481 e. The van der Waals surface area contributed by atoms with E-state index >= 15 is 0 Å². The fourth-order valence-electron chi connectivity index (χ4n) is 3.49. The molecule has 4 heterocycles. The molecule has 5 aromatic rings. The second-order valence-electron chi connectivity index (χ2n) is 7.39. The van der Waals surface area contributed by atoms with E-state index in [4.69, 9.17) is 14.7 Å². The summed E-state index contributed by atoms with van der Waals surface area (Å²) in [5, 5.41) is 6.79. The summed E-state index contributed by atoms with van der Waals surface area (Å²) in [4.78, 5) is 25.6. The van der Waals surface area contributed by atoms with Crippen molar-refractivity contribution < 1.29 is 4.74 Å². The number of aromatic amines is 1. The minimum Gasteiger partial charge on any atom is -0.481 e. The molecule has 3 N–H and O–H groups in total. The molecule has 0 aliphatic rings. The van der Waals surface area contributed by atoms with Gasteiger partial charge in [-0.05, 0) is 24.6 Å². The summed E-state index contributed by atoms with van der Waals surface area (Å²) >= 11 is 0. The Hall–Kier alpha value is -4.53. The molecular weight excluding hydrogens is 416 g/mol. The zero-order valence-corrected chi connectivity index (χ0v) is 18.2. The highest BCUT2D eigenvalue weighted by atomic mass is 16.5. The second-order valence-corrected chi connectivity index (χ2v) is 7.39. The summed E-state index contributed by atoms with van der Waals surface area (Å²) in [7, 11) is 1.59. The lowest BCUT2D eigenvalue weighted by Gasteiger charge is -2.14. The van der Waals surface area contributed by atoms with Gasteiger partial charge in [-0.15, -0.1) is 0 Å². The van der Waals surface area contributed by atoms with Crippen molar-refractivity contribution in [1.29, 1.82) is 0 Å². The summed E-state index contributed by atoms with van der Waals surface area (Å²) in [6.07, 6.45) is 5.11. The number of rotatable bonds is 7. The molecule has 0 saturated carbocycles. The Bertz CT molecular complexity index is 1380. The molecule has 33 heavy (non-hydrogen) atoms. The van der Waals surface area contributed by atoms with Crippen molar-refractivity contribution in [2.24, 2.45) is 0 Å². The zero-order chi connectivity index (χ0) is 22.6. The van der Waals surface area contributed by atoms with Gasteiger partial charge in [0.2, 0.25) is 5.88 Å². The fraction of sp³-hybridized carbons (Fsp3) is 0.125. The Balaban J connectivity index is 1.55. The molecule has 0 bridgehead atoms. The summed E-state index contributed by atoms with van der Waals surface area (Å²) in [5.74, 6) is 1.81. The number of aromatic nitrogens is 6. The smallest absolute Gasteiger partial charge is 0.213 e. The minimum absolute atomic E-state index is 0.541. The minimum atomic E-state index is 0.541. The molecule has 9 heteroatoms. The van der Waals surface area contributed by atoms with Crippen molar-refractivity contribution in [3.63, 3.8) is 0 Å². The van der Waals surface area contributed by atoms with Crippen molar-refractivity contribution >= 4 is 28.4 Å². The van der Waals surface area contributed by atoms with Crippen molar-refractivity contribution in [2.45, 2.75) is 13.5 Å². The number of H-pyrrole nitrogens is 1. The molecule has 5 rings (SSSR count). The molecule has 164 valence electrons. The van der Waals surface area contributed by atoms with Crippen LogP contribution in [0.3, 0.4) is 0 Å². The molecule has 0 aliphatic carbocycles. The van der Waals surface area contributed by atoms with Crippen LogP contribution in [-0.4, -0.2) is 37.0 Å². The summed E-state index contributed by atoms with van der Waals surface area (Å²) in [6.45, 7) is 2.53. The maximum atomic E-state index is 5.15. The molecule has 0 unspecified atom stereocenters. The Morgan fingerprint density at radius 2 is 1.79 bits per heavy atom. The summed E-state index contributed by atoms with van der Waals surface area (Å²) < 4.78 is 5.15. The normalized spacial score (nSPS) is 10.8. The lowest BCUT2D eigenvalue weighted by Crippen LogP contribution is -2.04. The van der Waals surface area contributed by atoms with Gasteiger partial charge in [0.05, 0.1) is 37.2 Å². The van der Waals surface area contributed by atoms with Gasteiger partial charge < -0.3 is 20.4 Å². The van der Waals surface area contributed by atoms with E-state index in [2.05, 4.69) is 42.7 Å². The quantitative estimate of drug-likeness (QED) is 0.341. The highest BCUT2D eigenvalue weighted by molar-refractivity contribution is 5.92. The lowest BCUT2D eigenvalue weighted by atomic mass is 10.1. The van der Waals surface area contributed by atoms with Gasteiger partial charge in [0.15, 0.2) is 5.65 Å². The van der Waals surface area contributed by atoms with Crippen LogP contribution in [0.1, 0.15) is 11.4 Å².